The molecule has 0 fully saturated rings. The molecule has 1 aromatic heterocycles. The molecule has 0 amide bonds. The van der Waals surface area contributed by atoms with E-state index in [-0.39, 0.29) is 5.43 Å². The van der Waals surface area contributed by atoms with Gasteiger partial charge in [-0.3, -0.25) is 4.79 Å². The maximum Gasteiger partial charge on any atom is 0.291 e. The molecule has 0 aromatic carbocycles. The minimum absolute atomic E-state index is 0.0225. The van der Waals surface area contributed by atoms with Crippen LogP contribution in [0.1, 0.15) is 23.8 Å². The van der Waals surface area contributed by atoms with Gasteiger partial charge in [0.05, 0.1) is 12.7 Å². The van der Waals surface area contributed by atoms with Gasteiger partial charge < -0.3 is 9.15 Å². The number of hydrogen-bond donors (Lipinski definition) is 0. The van der Waals surface area contributed by atoms with Crippen LogP contribution in [0.15, 0.2) is 13.3 Å². The van der Waals surface area contributed by atoms with Gasteiger partial charge in [-0.15, -0.1) is 0 Å². The molecule has 4 heteroatoms. The Balaban J connectivity index is 3.56. The van der Waals surface area contributed by atoms with Crippen LogP contribution in [0.4, 0.5) is 0 Å². The molecule has 3 nitrogen and oxygen atoms in total. The summed E-state index contributed by atoms with van der Waals surface area (Å²) < 4.78 is 12.4. The van der Waals surface area contributed by atoms with Crippen molar-refractivity contribution in [2.24, 2.45) is 0 Å². The zero-order valence-electron chi connectivity index (χ0n) is 9.18. The van der Waals surface area contributed by atoms with E-state index in [0.717, 1.165) is 5.57 Å². The van der Waals surface area contributed by atoms with Crippen LogP contribution in [0.5, 0.6) is 5.95 Å². The molecule has 0 aliphatic rings. The van der Waals surface area contributed by atoms with Crippen LogP contribution in [0, 0.1) is 13.8 Å². The highest BCUT2D eigenvalue weighted by atomic mass is 127. The molecule has 1 heterocycles. The minimum atomic E-state index is -0.0225. The number of ether oxygens (including phenoxy) is 1. The van der Waals surface area contributed by atoms with E-state index in [4.69, 9.17) is 9.15 Å². The highest BCUT2D eigenvalue weighted by Crippen LogP contribution is 2.24. The zero-order valence-corrected chi connectivity index (χ0v) is 11.3. The number of hydrogen-bond acceptors (Lipinski definition) is 3. The summed E-state index contributed by atoms with van der Waals surface area (Å²) in [6, 6.07) is 0. The molecule has 0 atom stereocenters. The highest BCUT2D eigenvalue weighted by molar-refractivity contribution is 14.1. The summed E-state index contributed by atoms with van der Waals surface area (Å²) in [5.41, 5.74) is 2.04. The van der Waals surface area contributed by atoms with Gasteiger partial charge in [0.1, 0.15) is 5.76 Å². The molecule has 82 valence electrons. The second-order valence-corrected chi connectivity index (χ2v) is 3.92. The standard InChI is InChI=1S/C11H13IO3/c1-6(5-12)10-7(2)9(13)8(3)11(14-4)15-10/h5H,1-4H3/b6-5+. The first kappa shape index (κ1) is 12.3. The molecule has 0 aliphatic heterocycles. The summed E-state index contributed by atoms with van der Waals surface area (Å²) in [6.07, 6.45) is 0. The quantitative estimate of drug-likeness (QED) is 0.786. The molecule has 1 rings (SSSR count). The Morgan fingerprint density at radius 1 is 1.40 bits per heavy atom. The first-order valence-electron chi connectivity index (χ1n) is 4.48. The van der Waals surface area contributed by atoms with E-state index in [1.807, 2.05) is 11.0 Å². The van der Waals surface area contributed by atoms with Gasteiger partial charge in [0, 0.05) is 5.56 Å². The van der Waals surface area contributed by atoms with E-state index in [2.05, 4.69) is 22.6 Å². The topological polar surface area (TPSA) is 39.4 Å². The predicted molar refractivity (Wildman–Crippen MR) is 68.7 cm³/mol. The summed E-state index contributed by atoms with van der Waals surface area (Å²) in [5.74, 6) is 0.884. The summed E-state index contributed by atoms with van der Waals surface area (Å²) >= 11 is 2.11. The summed E-state index contributed by atoms with van der Waals surface area (Å²) in [7, 11) is 1.49. The van der Waals surface area contributed by atoms with Crippen molar-refractivity contribution in [3.8, 4) is 5.95 Å². The Kier molecular flexibility index (Phi) is 3.96. The molecule has 0 unspecified atom stereocenters. The van der Waals surface area contributed by atoms with Gasteiger partial charge in [0.2, 0.25) is 0 Å². The van der Waals surface area contributed by atoms with Gasteiger partial charge in [-0.25, -0.2) is 0 Å². The molecule has 15 heavy (non-hydrogen) atoms. The molecular formula is C11H13IO3. The first-order valence-corrected chi connectivity index (χ1v) is 5.73. The molecule has 0 radical (unpaired) electrons. The largest absolute Gasteiger partial charge is 0.468 e. The highest BCUT2D eigenvalue weighted by Gasteiger charge is 2.14. The average Bonchev–Trinajstić information content (AvgIpc) is 2.25. The van der Waals surface area contributed by atoms with E-state index in [1.54, 1.807) is 13.8 Å². The molecule has 0 saturated heterocycles. The Hall–Kier alpha value is -0.780. The van der Waals surface area contributed by atoms with Crippen molar-refractivity contribution in [2.45, 2.75) is 20.8 Å². The smallest absolute Gasteiger partial charge is 0.291 e. The molecular weight excluding hydrogens is 307 g/mol. The SMILES string of the molecule is COc1oc(/C(C)=C/I)c(C)c(=O)c1C. The number of halogens is 1. The van der Waals surface area contributed by atoms with Crippen LogP contribution in [0.3, 0.4) is 0 Å². The Labute approximate surface area is 102 Å². The number of allylic oxidation sites excluding steroid dienone is 1. The Morgan fingerprint density at radius 3 is 2.47 bits per heavy atom. The van der Waals surface area contributed by atoms with Crippen molar-refractivity contribution >= 4 is 28.2 Å². The molecule has 0 N–H and O–H groups in total. The van der Waals surface area contributed by atoms with Gasteiger partial charge in [-0.1, -0.05) is 22.6 Å². The van der Waals surface area contributed by atoms with E-state index in [0.29, 0.717) is 22.8 Å². The number of rotatable bonds is 2. The second-order valence-electron chi connectivity index (χ2n) is 3.29. The van der Waals surface area contributed by atoms with Crippen molar-refractivity contribution < 1.29 is 9.15 Å². The van der Waals surface area contributed by atoms with Crippen LogP contribution in [-0.4, -0.2) is 7.11 Å². The monoisotopic (exact) mass is 320 g/mol. The van der Waals surface area contributed by atoms with E-state index < -0.39 is 0 Å². The second kappa shape index (κ2) is 4.83. The Bertz CT molecular complexity index is 458. The minimum Gasteiger partial charge on any atom is -0.468 e. The predicted octanol–water partition coefficient (Wildman–Crippen LogP) is 3.06. The van der Waals surface area contributed by atoms with Crippen LogP contribution >= 0.6 is 22.6 Å². The van der Waals surface area contributed by atoms with Crippen molar-refractivity contribution in [3.63, 3.8) is 0 Å². The van der Waals surface area contributed by atoms with Gasteiger partial charge >= 0.3 is 0 Å². The van der Waals surface area contributed by atoms with Crippen LogP contribution in [0.25, 0.3) is 5.57 Å². The molecule has 0 saturated carbocycles. The van der Waals surface area contributed by atoms with Gasteiger partial charge in [0.15, 0.2) is 5.43 Å². The van der Waals surface area contributed by atoms with E-state index in [1.165, 1.54) is 7.11 Å². The van der Waals surface area contributed by atoms with Crippen molar-refractivity contribution in [1.29, 1.82) is 0 Å². The van der Waals surface area contributed by atoms with Crippen molar-refractivity contribution in [2.75, 3.05) is 7.11 Å². The third-order valence-electron chi connectivity index (χ3n) is 2.23. The summed E-state index contributed by atoms with van der Waals surface area (Å²) in [5, 5.41) is 0. The van der Waals surface area contributed by atoms with Crippen LogP contribution in [0.2, 0.25) is 0 Å². The van der Waals surface area contributed by atoms with E-state index in [9.17, 15) is 4.79 Å². The third-order valence-corrected chi connectivity index (χ3v) is 3.16. The number of methoxy groups -OCH3 is 1. The van der Waals surface area contributed by atoms with E-state index >= 15 is 0 Å². The molecule has 0 aliphatic carbocycles. The Morgan fingerprint density at radius 2 is 2.00 bits per heavy atom. The van der Waals surface area contributed by atoms with Gasteiger partial charge in [0.25, 0.3) is 5.95 Å². The lowest BCUT2D eigenvalue weighted by Gasteiger charge is -2.08. The van der Waals surface area contributed by atoms with Crippen LogP contribution in [-0.2, 0) is 0 Å². The average molecular weight is 320 g/mol. The fourth-order valence-electron chi connectivity index (χ4n) is 1.34. The molecule has 0 bridgehead atoms. The molecule has 1 aromatic rings. The van der Waals surface area contributed by atoms with Gasteiger partial charge in [-0.05, 0) is 30.4 Å². The fraction of sp³-hybridized carbons (Fsp3) is 0.364. The maximum atomic E-state index is 11.8. The van der Waals surface area contributed by atoms with Gasteiger partial charge in [-0.2, -0.15) is 0 Å². The lowest BCUT2D eigenvalue weighted by molar-refractivity contribution is 0.288. The third kappa shape index (κ3) is 2.25. The van der Waals surface area contributed by atoms with Crippen molar-refractivity contribution in [3.05, 3.63) is 31.2 Å². The lowest BCUT2D eigenvalue weighted by Crippen LogP contribution is -2.12. The fourth-order valence-corrected chi connectivity index (χ4v) is 1.63. The summed E-state index contributed by atoms with van der Waals surface area (Å²) in [6.45, 7) is 5.36. The van der Waals surface area contributed by atoms with Crippen LogP contribution < -0.4 is 10.2 Å². The lowest BCUT2D eigenvalue weighted by atomic mass is 10.1. The maximum absolute atomic E-state index is 11.8. The van der Waals surface area contributed by atoms with Crippen molar-refractivity contribution in [1.82, 2.24) is 0 Å². The molecule has 0 spiro atoms. The summed E-state index contributed by atoms with van der Waals surface area (Å²) in [4.78, 5) is 11.8. The normalized spacial score (nSPS) is 11.7. The zero-order chi connectivity index (χ0) is 11.6. The first-order chi connectivity index (χ1) is 7.02.